The van der Waals surface area contributed by atoms with Crippen LogP contribution in [0, 0.1) is 26.7 Å². The summed E-state index contributed by atoms with van der Waals surface area (Å²) in [6, 6.07) is 11.0. The van der Waals surface area contributed by atoms with Crippen LogP contribution in [0.25, 0.3) is 5.69 Å². The Morgan fingerprint density at radius 1 is 1.12 bits per heavy atom. The molecule has 0 radical (unpaired) electrons. The summed E-state index contributed by atoms with van der Waals surface area (Å²) in [4.78, 5) is 15.3. The monoisotopic (exact) mass is 322 g/mol. The zero-order chi connectivity index (χ0) is 16.8. The van der Waals surface area contributed by atoms with Crippen molar-refractivity contribution in [3.8, 4) is 5.69 Å². The molecule has 0 N–H and O–H groups in total. The van der Waals surface area contributed by atoms with E-state index in [4.69, 9.17) is 0 Å². The lowest BCUT2D eigenvalue weighted by molar-refractivity contribution is 0.0734. The Labute approximate surface area is 144 Å². The number of carbonyl (C=O) groups is 1. The Bertz CT molecular complexity index is 781. The Kier molecular flexibility index (Phi) is 3.75. The summed E-state index contributed by atoms with van der Waals surface area (Å²) < 4.78 is 2.21. The van der Waals surface area contributed by atoms with Gasteiger partial charge in [-0.3, -0.25) is 4.79 Å². The molecule has 0 bridgehead atoms. The quantitative estimate of drug-likeness (QED) is 0.800. The molecule has 2 fully saturated rings. The fourth-order valence-corrected chi connectivity index (χ4v) is 3.66. The highest BCUT2D eigenvalue weighted by atomic mass is 16.2. The van der Waals surface area contributed by atoms with Gasteiger partial charge in [-0.1, -0.05) is 12.1 Å². The molecular formula is C21H26N2O. The Morgan fingerprint density at radius 3 is 2.50 bits per heavy atom. The van der Waals surface area contributed by atoms with Gasteiger partial charge in [0.15, 0.2) is 0 Å². The van der Waals surface area contributed by atoms with Crippen LogP contribution in [0.4, 0.5) is 0 Å². The number of hydrogen-bond donors (Lipinski definition) is 0. The largest absolute Gasteiger partial charge is 0.335 e. The van der Waals surface area contributed by atoms with E-state index in [0.717, 1.165) is 35.1 Å². The topological polar surface area (TPSA) is 25.2 Å². The first-order valence-electron chi connectivity index (χ1n) is 9.11. The third-order valence-corrected chi connectivity index (χ3v) is 5.32. The minimum absolute atomic E-state index is 0.233. The number of aromatic nitrogens is 1. The van der Waals surface area contributed by atoms with Crippen LogP contribution in [0.3, 0.4) is 0 Å². The van der Waals surface area contributed by atoms with Gasteiger partial charge in [0.2, 0.25) is 0 Å². The zero-order valence-electron chi connectivity index (χ0n) is 14.9. The molecule has 0 aliphatic heterocycles. The van der Waals surface area contributed by atoms with E-state index in [1.54, 1.807) is 0 Å². The van der Waals surface area contributed by atoms with Crippen LogP contribution >= 0.6 is 0 Å². The summed E-state index contributed by atoms with van der Waals surface area (Å²) in [5.74, 6) is 0.978. The predicted octanol–water partition coefficient (Wildman–Crippen LogP) is 4.42. The Hall–Kier alpha value is -2.03. The Balaban J connectivity index is 1.68. The third-order valence-electron chi connectivity index (χ3n) is 5.32. The predicted molar refractivity (Wildman–Crippen MR) is 96.8 cm³/mol. The van der Waals surface area contributed by atoms with Crippen molar-refractivity contribution in [2.45, 2.75) is 52.5 Å². The van der Waals surface area contributed by atoms with Crippen LogP contribution < -0.4 is 0 Å². The molecule has 3 heteroatoms. The van der Waals surface area contributed by atoms with Crippen molar-refractivity contribution in [2.24, 2.45) is 5.92 Å². The maximum atomic E-state index is 13.2. The van der Waals surface area contributed by atoms with Crippen molar-refractivity contribution in [3.05, 3.63) is 52.8 Å². The third kappa shape index (κ3) is 2.88. The average molecular weight is 322 g/mol. The number of rotatable bonds is 5. The van der Waals surface area contributed by atoms with E-state index in [1.165, 1.54) is 31.2 Å². The van der Waals surface area contributed by atoms with Crippen LogP contribution in [-0.2, 0) is 0 Å². The summed E-state index contributed by atoms with van der Waals surface area (Å²) in [5.41, 5.74) is 5.44. The van der Waals surface area contributed by atoms with Crippen LogP contribution in [0.2, 0.25) is 0 Å². The molecule has 3 nitrogen and oxygen atoms in total. The SMILES string of the molecule is Cc1cccc(-n2c(C)cc(C(=O)N(CC3CC3)C3CC3)c2C)c1. The molecule has 2 aromatic rings. The molecule has 2 aliphatic rings. The lowest BCUT2D eigenvalue weighted by Crippen LogP contribution is -2.35. The molecule has 0 spiro atoms. The minimum Gasteiger partial charge on any atom is -0.335 e. The smallest absolute Gasteiger partial charge is 0.255 e. The highest BCUT2D eigenvalue weighted by Crippen LogP contribution is 2.36. The van der Waals surface area contributed by atoms with Gasteiger partial charge in [-0.25, -0.2) is 0 Å². The van der Waals surface area contributed by atoms with Gasteiger partial charge in [-0.2, -0.15) is 0 Å². The highest BCUT2D eigenvalue weighted by Gasteiger charge is 2.37. The van der Waals surface area contributed by atoms with Gasteiger partial charge in [0.1, 0.15) is 0 Å². The molecule has 2 aliphatic carbocycles. The van der Waals surface area contributed by atoms with Crippen molar-refractivity contribution in [3.63, 3.8) is 0 Å². The highest BCUT2D eigenvalue weighted by molar-refractivity contribution is 5.96. The van der Waals surface area contributed by atoms with Crippen LogP contribution in [0.15, 0.2) is 30.3 Å². The number of hydrogen-bond acceptors (Lipinski definition) is 1. The first-order valence-corrected chi connectivity index (χ1v) is 9.11. The van der Waals surface area contributed by atoms with Crippen LogP contribution in [-0.4, -0.2) is 28.0 Å². The minimum atomic E-state index is 0.233. The lowest BCUT2D eigenvalue weighted by atomic mass is 10.2. The standard InChI is InChI=1S/C21H26N2O/c1-14-5-4-6-19(11-14)23-15(2)12-20(16(23)3)21(24)22(18-9-10-18)13-17-7-8-17/h4-6,11-12,17-18H,7-10,13H2,1-3H3. The second kappa shape index (κ2) is 5.80. The van der Waals surface area contributed by atoms with Gasteiger partial charge < -0.3 is 9.47 Å². The molecule has 126 valence electrons. The first-order chi connectivity index (χ1) is 11.5. The molecule has 1 amide bonds. The molecule has 1 aromatic heterocycles. The number of carbonyl (C=O) groups excluding carboxylic acids is 1. The van der Waals surface area contributed by atoms with Crippen molar-refractivity contribution >= 4 is 5.91 Å². The van der Waals surface area contributed by atoms with E-state index in [-0.39, 0.29) is 5.91 Å². The lowest BCUT2D eigenvalue weighted by Gasteiger charge is -2.22. The molecule has 0 unspecified atom stereocenters. The normalized spacial score (nSPS) is 17.1. The van der Waals surface area contributed by atoms with E-state index < -0.39 is 0 Å². The van der Waals surface area contributed by atoms with Gasteiger partial charge in [0.25, 0.3) is 5.91 Å². The second-order valence-electron chi connectivity index (χ2n) is 7.59. The summed E-state index contributed by atoms with van der Waals surface area (Å²) in [6.45, 7) is 7.23. The number of benzene rings is 1. The molecule has 1 aromatic carbocycles. The number of aryl methyl sites for hydroxylation is 2. The van der Waals surface area contributed by atoms with Gasteiger partial charge in [0.05, 0.1) is 5.56 Å². The zero-order valence-corrected chi connectivity index (χ0v) is 14.9. The van der Waals surface area contributed by atoms with Gasteiger partial charge in [-0.15, -0.1) is 0 Å². The summed E-state index contributed by atoms with van der Waals surface area (Å²) in [5, 5.41) is 0. The van der Waals surface area contributed by atoms with Crippen LogP contribution in [0.1, 0.15) is 53.0 Å². The molecule has 0 saturated heterocycles. The molecular weight excluding hydrogens is 296 g/mol. The summed E-state index contributed by atoms with van der Waals surface area (Å²) in [7, 11) is 0. The van der Waals surface area contributed by atoms with Crippen LogP contribution in [0.5, 0.6) is 0 Å². The van der Waals surface area contributed by atoms with E-state index in [9.17, 15) is 4.79 Å². The van der Waals surface area contributed by atoms with Crippen molar-refractivity contribution in [1.82, 2.24) is 9.47 Å². The van der Waals surface area contributed by atoms with E-state index in [2.05, 4.69) is 60.6 Å². The summed E-state index contributed by atoms with van der Waals surface area (Å²) in [6.07, 6.45) is 4.93. The molecule has 4 rings (SSSR count). The Morgan fingerprint density at radius 2 is 1.88 bits per heavy atom. The number of nitrogens with zero attached hydrogens (tertiary/aromatic N) is 2. The van der Waals surface area contributed by atoms with Crippen molar-refractivity contribution < 1.29 is 4.79 Å². The van der Waals surface area contributed by atoms with E-state index in [1.807, 2.05) is 0 Å². The fraction of sp³-hybridized carbons (Fsp3) is 0.476. The maximum absolute atomic E-state index is 13.2. The van der Waals surface area contributed by atoms with E-state index >= 15 is 0 Å². The molecule has 1 heterocycles. The second-order valence-corrected chi connectivity index (χ2v) is 7.59. The first kappa shape index (κ1) is 15.5. The van der Waals surface area contributed by atoms with Gasteiger partial charge in [0, 0.05) is 29.7 Å². The molecule has 2 saturated carbocycles. The van der Waals surface area contributed by atoms with Gasteiger partial charge >= 0.3 is 0 Å². The maximum Gasteiger partial charge on any atom is 0.255 e. The molecule has 24 heavy (non-hydrogen) atoms. The van der Waals surface area contributed by atoms with Crippen molar-refractivity contribution in [2.75, 3.05) is 6.54 Å². The molecule has 0 atom stereocenters. The fourth-order valence-electron chi connectivity index (χ4n) is 3.66. The number of amides is 1. The van der Waals surface area contributed by atoms with Gasteiger partial charge in [-0.05, 0) is 76.1 Å². The average Bonchev–Trinajstić information content (AvgIpc) is 3.44. The van der Waals surface area contributed by atoms with Crippen molar-refractivity contribution in [1.29, 1.82) is 0 Å². The van der Waals surface area contributed by atoms with E-state index in [0.29, 0.717) is 6.04 Å². The summed E-state index contributed by atoms with van der Waals surface area (Å²) >= 11 is 0.